The van der Waals surface area contributed by atoms with Crippen molar-refractivity contribution in [1.82, 2.24) is 5.32 Å². The summed E-state index contributed by atoms with van der Waals surface area (Å²) >= 11 is 2.11. The van der Waals surface area contributed by atoms with Crippen molar-refractivity contribution in [3.8, 4) is 0 Å². The van der Waals surface area contributed by atoms with Gasteiger partial charge < -0.3 is 14.8 Å². The first kappa shape index (κ1) is 16.2. The molecule has 1 N–H and O–H groups in total. The normalized spacial score (nSPS) is 18.6. The van der Waals surface area contributed by atoms with Crippen LogP contribution in [0.5, 0.6) is 0 Å². The van der Waals surface area contributed by atoms with Crippen molar-refractivity contribution in [2.24, 2.45) is 5.92 Å². The van der Waals surface area contributed by atoms with E-state index in [1.54, 1.807) is 0 Å². The van der Waals surface area contributed by atoms with E-state index in [-0.39, 0.29) is 9.89 Å². The predicted molar refractivity (Wildman–Crippen MR) is 80.1 cm³/mol. The van der Waals surface area contributed by atoms with Crippen molar-refractivity contribution in [2.75, 3.05) is 33.4 Å². The number of unbranched alkanes of at least 4 members (excludes halogenated alkanes) is 1. The van der Waals surface area contributed by atoms with Crippen LogP contribution >= 0.6 is 22.6 Å². The van der Waals surface area contributed by atoms with Gasteiger partial charge in [-0.2, -0.15) is 0 Å². The molecule has 18 heavy (non-hydrogen) atoms. The van der Waals surface area contributed by atoms with Crippen LogP contribution < -0.4 is 5.32 Å². The predicted octanol–water partition coefficient (Wildman–Crippen LogP) is 2.15. The van der Waals surface area contributed by atoms with Crippen molar-refractivity contribution < 1.29 is 14.3 Å². The molecule has 0 aromatic heterocycles. The minimum absolute atomic E-state index is 0.0805. The molecule has 0 radical (unpaired) electrons. The van der Waals surface area contributed by atoms with Gasteiger partial charge in [-0.25, -0.2) is 0 Å². The summed E-state index contributed by atoms with van der Waals surface area (Å²) in [6.45, 7) is 3.57. The van der Waals surface area contributed by atoms with E-state index in [9.17, 15) is 4.79 Å². The van der Waals surface area contributed by atoms with Crippen LogP contribution in [0.1, 0.15) is 32.1 Å². The average Bonchev–Trinajstić information content (AvgIpc) is 2.42. The number of carbonyl (C=O) groups is 1. The minimum Gasteiger partial charge on any atom is -0.468 e. The zero-order valence-corrected chi connectivity index (χ0v) is 13.3. The molecule has 4 nitrogen and oxygen atoms in total. The van der Waals surface area contributed by atoms with E-state index in [2.05, 4.69) is 32.6 Å². The van der Waals surface area contributed by atoms with Crippen molar-refractivity contribution in [1.29, 1.82) is 0 Å². The number of esters is 1. The molecule has 0 aromatic carbocycles. The standard InChI is InChI=1S/C13H24INO3/c1-17-13(16)12(14)10-15-7-3-2-4-11-5-8-18-9-6-11/h11-12,15H,2-10H2,1H3. The Balaban J connectivity index is 1.90. The molecule has 0 bridgehead atoms. The number of rotatable bonds is 8. The quantitative estimate of drug-likeness (QED) is 0.308. The maximum absolute atomic E-state index is 11.2. The summed E-state index contributed by atoms with van der Waals surface area (Å²) in [4.78, 5) is 11.2. The van der Waals surface area contributed by atoms with Crippen LogP contribution in [0, 0.1) is 5.92 Å². The Kier molecular flexibility index (Phi) is 8.96. The maximum Gasteiger partial charge on any atom is 0.319 e. The second-order valence-corrected chi connectivity index (χ2v) is 6.25. The number of carbonyl (C=O) groups excluding carboxylic acids is 1. The van der Waals surface area contributed by atoms with Crippen molar-refractivity contribution in [3.63, 3.8) is 0 Å². The van der Waals surface area contributed by atoms with E-state index in [4.69, 9.17) is 4.74 Å². The third-order valence-electron chi connectivity index (χ3n) is 3.34. The lowest BCUT2D eigenvalue weighted by Crippen LogP contribution is -2.30. The summed E-state index contributed by atoms with van der Waals surface area (Å²) in [5.74, 6) is 0.719. The van der Waals surface area contributed by atoms with E-state index in [1.807, 2.05) is 0 Å². The number of nitrogens with one attached hydrogen (secondary N) is 1. The Bertz CT molecular complexity index is 232. The van der Waals surface area contributed by atoms with Gasteiger partial charge >= 0.3 is 5.97 Å². The van der Waals surface area contributed by atoms with E-state index in [0.717, 1.165) is 25.7 Å². The van der Waals surface area contributed by atoms with Crippen LogP contribution in [0.2, 0.25) is 0 Å². The third kappa shape index (κ3) is 6.89. The summed E-state index contributed by atoms with van der Waals surface area (Å²) in [6.07, 6.45) is 6.22. The Morgan fingerprint density at radius 1 is 1.44 bits per heavy atom. The Labute approximate surface area is 123 Å². The van der Waals surface area contributed by atoms with Crippen molar-refractivity contribution in [2.45, 2.75) is 36.0 Å². The maximum atomic E-state index is 11.2. The van der Waals surface area contributed by atoms with Gasteiger partial charge in [0, 0.05) is 19.8 Å². The summed E-state index contributed by atoms with van der Waals surface area (Å²) in [7, 11) is 1.43. The topological polar surface area (TPSA) is 47.6 Å². The van der Waals surface area contributed by atoms with Gasteiger partial charge in [-0.1, -0.05) is 35.4 Å². The fourth-order valence-electron chi connectivity index (χ4n) is 2.16. The van der Waals surface area contributed by atoms with Gasteiger partial charge in [0.25, 0.3) is 0 Å². The molecular weight excluding hydrogens is 345 g/mol. The Morgan fingerprint density at radius 3 is 2.83 bits per heavy atom. The second kappa shape index (κ2) is 9.97. The number of hydrogen-bond acceptors (Lipinski definition) is 4. The zero-order chi connectivity index (χ0) is 13.2. The molecule has 1 rings (SSSR count). The van der Waals surface area contributed by atoms with Gasteiger partial charge in [0.2, 0.25) is 0 Å². The smallest absolute Gasteiger partial charge is 0.319 e. The minimum atomic E-state index is -0.148. The largest absolute Gasteiger partial charge is 0.468 e. The van der Waals surface area contributed by atoms with Gasteiger partial charge in [0.05, 0.1) is 7.11 Å². The number of alkyl halides is 1. The fraction of sp³-hybridized carbons (Fsp3) is 0.923. The molecule has 1 saturated heterocycles. The molecule has 1 unspecified atom stereocenters. The van der Waals surface area contributed by atoms with Gasteiger partial charge in [0.15, 0.2) is 0 Å². The Hall–Kier alpha value is 0.120. The Morgan fingerprint density at radius 2 is 2.17 bits per heavy atom. The van der Waals surface area contributed by atoms with E-state index in [0.29, 0.717) is 6.54 Å². The van der Waals surface area contributed by atoms with E-state index in [1.165, 1.54) is 39.2 Å². The van der Waals surface area contributed by atoms with Gasteiger partial charge in [-0.3, -0.25) is 4.79 Å². The summed E-state index contributed by atoms with van der Waals surface area (Å²) in [5, 5.41) is 3.31. The third-order valence-corrected chi connectivity index (χ3v) is 4.29. The van der Waals surface area contributed by atoms with Crippen molar-refractivity contribution in [3.05, 3.63) is 0 Å². The molecule has 0 aliphatic carbocycles. The highest BCUT2D eigenvalue weighted by molar-refractivity contribution is 14.1. The highest BCUT2D eigenvalue weighted by Gasteiger charge is 2.14. The average molecular weight is 369 g/mol. The number of ether oxygens (including phenoxy) is 2. The van der Waals surface area contributed by atoms with E-state index < -0.39 is 0 Å². The molecule has 1 aliphatic heterocycles. The molecular formula is C13H24INO3. The van der Waals surface area contributed by atoms with Gasteiger partial charge in [-0.05, 0) is 31.7 Å². The number of halogens is 1. The number of methoxy groups -OCH3 is 1. The molecule has 0 amide bonds. The lowest BCUT2D eigenvalue weighted by Gasteiger charge is -2.21. The summed E-state index contributed by atoms with van der Waals surface area (Å²) < 4.78 is 9.94. The first-order chi connectivity index (χ1) is 8.74. The van der Waals surface area contributed by atoms with Crippen LogP contribution in [-0.2, 0) is 14.3 Å². The zero-order valence-electron chi connectivity index (χ0n) is 11.1. The number of hydrogen-bond donors (Lipinski definition) is 1. The SMILES string of the molecule is COC(=O)C(I)CNCCCCC1CCOCC1. The molecule has 1 aliphatic rings. The molecule has 1 atom stereocenters. The highest BCUT2D eigenvalue weighted by atomic mass is 127. The van der Waals surface area contributed by atoms with Crippen molar-refractivity contribution >= 4 is 28.6 Å². The molecule has 0 aromatic rings. The first-order valence-electron chi connectivity index (χ1n) is 6.74. The van der Waals surface area contributed by atoms with Crippen LogP contribution in [0.4, 0.5) is 0 Å². The van der Waals surface area contributed by atoms with Crippen LogP contribution in [0.3, 0.4) is 0 Å². The lowest BCUT2D eigenvalue weighted by molar-refractivity contribution is -0.139. The van der Waals surface area contributed by atoms with Gasteiger partial charge in [0.1, 0.15) is 3.92 Å². The van der Waals surface area contributed by atoms with Crippen LogP contribution in [0.25, 0.3) is 0 Å². The molecule has 106 valence electrons. The molecule has 0 spiro atoms. The fourth-order valence-corrected chi connectivity index (χ4v) is 2.72. The summed E-state index contributed by atoms with van der Waals surface area (Å²) in [5.41, 5.74) is 0. The van der Waals surface area contributed by atoms with E-state index >= 15 is 0 Å². The molecule has 1 heterocycles. The second-order valence-electron chi connectivity index (χ2n) is 4.75. The molecule has 1 fully saturated rings. The lowest BCUT2D eigenvalue weighted by atomic mass is 9.94. The molecule has 0 saturated carbocycles. The van der Waals surface area contributed by atoms with Crippen LogP contribution in [-0.4, -0.2) is 43.3 Å². The summed E-state index contributed by atoms with van der Waals surface area (Å²) in [6, 6.07) is 0. The first-order valence-corrected chi connectivity index (χ1v) is 7.99. The monoisotopic (exact) mass is 369 g/mol. The highest BCUT2D eigenvalue weighted by Crippen LogP contribution is 2.20. The van der Waals surface area contributed by atoms with Gasteiger partial charge in [-0.15, -0.1) is 0 Å². The molecule has 5 heteroatoms. The van der Waals surface area contributed by atoms with Crippen LogP contribution in [0.15, 0.2) is 0 Å².